The van der Waals surface area contributed by atoms with Crippen LogP contribution in [0.2, 0.25) is 0 Å². The van der Waals surface area contributed by atoms with E-state index in [0.29, 0.717) is 38.5 Å². The van der Waals surface area contributed by atoms with E-state index in [1.165, 1.54) is 16.7 Å². The predicted molar refractivity (Wildman–Crippen MR) is 317 cm³/mol. The Bertz CT molecular complexity index is 2950. The average Bonchev–Trinajstić information content (AvgIpc) is 3.29. The van der Waals surface area contributed by atoms with Gasteiger partial charge in [0.1, 0.15) is 34.5 Å². The van der Waals surface area contributed by atoms with E-state index in [-0.39, 0.29) is 44.0 Å². The molecule has 0 unspecified atom stereocenters. The standard InChI is InChI=1S/C70H92O6/c1-65(2,3)53-29-41-23-45-33-55(67(7,8)9)34-46(61(45)73-19)24-42-30-54(66(4,5)6)32-44(60(42)72)26-48-36-57(69(13,14)15)38-50(63(48)75-21)28-52-40-58(70(16,17)18)39-51(64(52)76-22)27-49-37-56(68(10,11)12)35-47(62(49)74-20)25-43(31-53)59(41)71/h29-40,71-72H,23-28H2,1-22H3. The van der Waals surface area contributed by atoms with Gasteiger partial charge in [0.05, 0.1) is 28.4 Å². The molecule has 0 aliphatic heterocycles. The van der Waals surface area contributed by atoms with Gasteiger partial charge < -0.3 is 29.2 Å². The maximum absolute atomic E-state index is 12.8. The van der Waals surface area contributed by atoms with Crippen LogP contribution >= 0.6 is 0 Å². The summed E-state index contributed by atoms with van der Waals surface area (Å²) < 4.78 is 26.2. The minimum atomic E-state index is -0.219. The van der Waals surface area contributed by atoms with Gasteiger partial charge in [-0.1, -0.05) is 197 Å². The maximum atomic E-state index is 12.8. The van der Waals surface area contributed by atoms with Crippen LogP contribution in [-0.2, 0) is 71.0 Å². The molecule has 6 aromatic rings. The number of hydrogen-bond acceptors (Lipinski definition) is 6. The molecule has 0 aromatic heterocycles. The Morgan fingerprint density at radius 2 is 0.355 bits per heavy atom. The van der Waals surface area contributed by atoms with Crippen LogP contribution in [0.3, 0.4) is 0 Å². The number of phenolic OH excluding ortho intramolecular Hbond substituents is 2. The fourth-order valence-corrected chi connectivity index (χ4v) is 11.0. The second-order valence-corrected chi connectivity index (χ2v) is 28.2. The van der Waals surface area contributed by atoms with E-state index < -0.39 is 0 Å². The van der Waals surface area contributed by atoms with Crippen LogP contribution in [0.1, 0.15) is 225 Å². The molecule has 6 nitrogen and oxygen atoms in total. The summed E-state index contributed by atoms with van der Waals surface area (Å²) in [6.45, 7) is 40.5. The zero-order valence-corrected chi connectivity index (χ0v) is 50.7. The zero-order chi connectivity index (χ0) is 56.4. The van der Waals surface area contributed by atoms with Crippen LogP contribution < -0.4 is 18.9 Å². The number of ether oxygens (including phenoxy) is 4. The Balaban J connectivity index is 1.63. The van der Waals surface area contributed by atoms with Crippen molar-refractivity contribution in [1.29, 1.82) is 0 Å². The third-order valence-corrected chi connectivity index (χ3v) is 15.8. The summed E-state index contributed by atoms with van der Waals surface area (Å²) in [6.07, 6.45) is 2.89. The SMILES string of the molecule is COc1c2cc(C(C)(C)C)cc1Cc1cc(C(C)(C)C)cc(c1O)Cc1cc(C(C)(C)C)cc(c1OC)Cc1cc(C(C)(C)C)cc(c1OC)Cc1cc(C(C)(C)C)cc(c1OC)Cc1cc(C(C)(C)C)cc(c1O)C2. The summed E-state index contributed by atoms with van der Waals surface area (Å²) in [5.74, 6) is 3.76. The van der Waals surface area contributed by atoms with Crippen molar-refractivity contribution >= 4 is 0 Å². The number of phenols is 2. The average molecular weight is 1030 g/mol. The van der Waals surface area contributed by atoms with E-state index >= 15 is 0 Å². The van der Waals surface area contributed by atoms with Crippen molar-refractivity contribution in [2.45, 2.75) is 196 Å². The van der Waals surface area contributed by atoms with Crippen LogP contribution in [0.5, 0.6) is 34.5 Å². The normalized spacial score (nSPS) is 14.0. The van der Waals surface area contributed by atoms with Crippen LogP contribution in [0.15, 0.2) is 72.8 Å². The minimum absolute atomic E-state index is 0.178. The quantitative estimate of drug-likeness (QED) is 0.183. The third-order valence-electron chi connectivity index (χ3n) is 15.8. The van der Waals surface area contributed by atoms with Crippen molar-refractivity contribution in [3.8, 4) is 34.5 Å². The number of methoxy groups -OCH3 is 4. The highest BCUT2D eigenvalue weighted by Gasteiger charge is 2.30. The summed E-state index contributed by atoms with van der Waals surface area (Å²) >= 11 is 0. The summed E-state index contributed by atoms with van der Waals surface area (Å²) in [5.41, 5.74) is 17.4. The Morgan fingerprint density at radius 3 is 0.474 bits per heavy atom. The Labute approximate surface area is 458 Å². The molecule has 0 atom stereocenters. The molecule has 0 radical (unpaired) electrons. The largest absolute Gasteiger partial charge is 0.507 e. The molecule has 1 aliphatic rings. The van der Waals surface area contributed by atoms with Gasteiger partial charge in [-0.2, -0.15) is 0 Å². The van der Waals surface area contributed by atoms with E-state index in [1.807, 2.05) is 0 Å². The van der Waals surface area contributed by atoms with Crippen LogP contribution in [-0.4, -0.2) is 38.7 Å². The van der Waals surface area contributed by atoms with Crippen LogP contribution in [0, 0.1) is 0 Å². The van der Waals surface area contributed by atoms with Crippen molar-refractivity contribution in [2.24, 2.45) is 0 Å². The fraction of sp³-hybridized carbons (Fsp3) is 0.486. The summed E-state index contributed by atoms with van der Waals surface area (Å²) in [5, 5.41) is 25.5. The van der Waals surface area contributed by atoms with E-state index in [9.17, 15) is 10.2 Å². The molecule has 6 heteroatoms. The van der Waals surface area contributed by atoms with Gasteiger partial charge in [0, 0.05) is 38.5 Å². The highest BCUT2D eigenvalue weighted by Crippen LogP contribution is 2.45. The molecule has 2 N–H and O–H groups in total. The molecular weight excluding hydrogens is 937 g/mol. The smallest absolute Gasteiger partial charge is 0.125 e. The molecule has 12 bridgehead atoms. The first-order chi connectivity index (χ1) is 35.0. The van der Waals surface area contributed by atoms with E-state index in [0.717, 1.165) is 106 Å². The van der Waals surface area contributed by atoms with E-state index in [2.05, 4.69) is 197 Å². The predicted octanol–water partition coefficient (Wildman–Crippen LogP) is 16.8. The molecule has 0 fully saturated rings. The van der Waals surface area contributed by atoms with Gasteiger partial charge in [-0.3, -0.25) is 0 Å². The van der Waals surface area contributed by atoms with Gasteiger partial charge in [0.25, 0.3) is 0 Å². The molecular formula is C70H92O6. The van der Waals surface area contributed by atoms with Gasteiger partial charge in [-0.05, 0) is 133 Å². The summed E-state index contributed by atoms with van der Waals surface area (Å²) in [7, 11) is 7.08. The second-order valence-electron chi connectivity index (χ2n) is 28.2. The lowest BCUT2D eigenvalue weighted by atomic mass is 9.79. The molecule has 408 valence electrons. The lowest BCUT2D eigenvalue weighted by Gasteiger charge is -2.28. The van der Waals surface area contributed by atoms with E-state index in [4.69, 9.17) is 18.9 Å². The number of benzene rings is 6. The lowest BCUT2D eigenvalue weighted by molar-refractivity contribution is 0.397. The first kappa shape index (κ1) is 57.8. The topological polar surface area (TPSA) is 77.4 Å². The van der Waals surface area contributed by atoms with Gasteiger partial charge in [0.15, 0.2) is 0 Å². The molecule has 0 amide bonds. The van der Waals surface area contributed by atoms with Crippen molar-refractivity contribution in [2.75, 3.05) is 28.4 Å². The summed E-state index contributed by atoms with van der Waals surface area (Å²) in [4.78, 5) is 0. The van der Waals surface area contributed by atoms with E-state index in [1.54, 1.807) is 28.4 Å². The molecule has 76 heavy (non-hydrogen) atoms. The highest BCUT2D eigenvalue weighted by atomic mass is 16.5. The lowest BCUT2D eigenvalue weighted by Crippen LogP contribution is -2.16. The van der Waals surface area contributed by atoms with Gasteiger partial charge in [0.2, 0.25) is 0 Å². The van der Waals surface area contributed by atoms with Gasteiger partial charge >= 0.3 is 0 Å². The molecule has 0 heterocycles. The molecule has 6 aromatic carbocycles. The minimum Gasteiger partial charge on any atom is -0.507 e. The summed E-state index contributed by atoms with van der Waals surface area (Å²) in [6, 6.07) is 27.1. The first-order valence-electron chi connectivity index (χ1n) is 27.6. The van der Waals surface area contributed by atoms with Crippen molar-refractivity contribution in [3.05, 3.63) is 173 Å². The third kappa shape index (κ3) is 12.3. The van der Waals surface area contributed by atoms with Crippen molar-refractivity contribution in [3.63, 3.8) is 0 Å². The first-order valence-corrected chi connectivity index (χ1v) is 27.6. The highest BCUT2D eigenvalue weighted by molar-refractivity contribution is 5.61. The van der Waals surface area contributed by atoms with Crippen molar-refractivity contribution in [1.82, 2.24) is 0 Å². The molecule has 0 saturated heterocycles. The van der Waals surface area contributed by atoms with Crippen molar-refractivity contribution < 1.29 is 29.2 Å². The monoisotopic (exact) mass is 1030 g/mol. The Kier molecular flexibility index (Phi) is 15.8. The zero-order valence-electron chi connectivity index (χ0n) is 50.7. The molecule has 0 spiro atoms. The van der Waals surface area contributed by atoms with Gasteiger partial charge in [-0.25, -0.2) is 0 Å². The van der Waals surface area contributed by atoms with Crippen LogP contribution in [0.25, 0.3) is 0 Å². The van der Waals surface area contributed by atoms with Gasteiger partial charge in [-0.15, -0.1) is 0 Å². The van der Waals surface area contributed by atoms with Crippen LogP contribution in [0.4, 0.5) is 0 Å². The fourth-order valence-electron chi connectivity index (χ4n) is 11.0. The second kappa shape index (κ2) is 20.8. The number of hydrogen-bond donors (Lipinski definition) is 2. The molecule has 7 rings (SSSR count). The number of fused-ring (bicyclic) bond motifs is 12. The number of rotatable bonds is 4. The Morgan fingerprint density at radius 1 is 0.237 bits per heavy atom. The molecule has 0 saturated carbocycles. The maximum Gasteiger partial charge on any atom is 0.125 e. The number of aromatic hydroxyl groups is 2. The molecule has 1 aliphatic carbocycles. The Hall–Kier alpha value is -5.88.